The zero-order valence-corrected chi connectivity index (χ0v) is 18.4. The molecule has 162 valence electrons. The molecule has 0 fully saturated rings. The van der Waals surface area contributed by atoms with E-state index in [4.69, 9.17) is 4.74 Å². The van der Waals surface area contributed by atoms with Crippen LogP contribution in [0.3, 0.4) is 0 Å². The Labute approximate surface area is 182 Å². The molecule has 0 N–H and O–H groups in total. The van der Waals surface area contributed by atoms with Gasteiger partial charge in [-0.05, 0) is 60.0 Å². The molecule has 3 rings (SSSR count). The fourth-order valence-electron chi connectivity index (χ4n) is 3.20. The van der Waals surface area contributed by atoms with Crippen molar-refractivity contribution in [1.82, 2.24) is 0 Å². The third-order valence-electron chi connectivity index (χ3n) is 4.71. The second-order valence-corrected chi connectivity index (χ2v) is 8.93. The van der Waals surface area contributed by atoms with Crippen molar-refractivity contribution in [2.24, 2.45) is 0 Å². The predicted molar refractivity (Wildman–Crippen MR) is 121 cm³/mol. The van der Waals surface area contributed by atoms with Crippen LogP contribution in [-0.2, 0) is 19.6 Å². The number of rotatable bonds is 8. The number of hydrogen-bond donors (Lipinski definition) is 0. The molecule has 0 atom stereocenters. The van der Waals surface area contributed by atoms with Crippen molar-refractivity contribution in [2.45, 2.75) is 44.4 Å². The van der Waals surface area contributed by atoms with Gasteiger partial charge < -0.3 is 4.74 Å². The van der Waals surface area contributed by atoms with E-state index in [1.54, 1.807) is 12.1 Å². The first-order valence-corrected chi connectivity index (χ1v) is 11.7. The third-order valence-corrected chi connectivity index (χ3v) is 6.45. The fourth-order valence-corrected chi connectivity index (χ4v) is 4.69. The molecular formula is C24H25NO5S. The molecule has 0 aromatic heterocycles. The topological polar surface area (TPSA) is 80.8 Å². The Morgan fingerprint density at radius 3 is 2.13 bits per heavy atom. The maximum atomic E-state index is 13.5. The first-order valence-electron chi connectivity index (χ1n) is 10.2. The molecule has 0 aliphatic carbocycles. The largest absolute Gasteiger partial charge is 0.427 e. The molecule has 0 bridgehead atoms. The molecule has 0 aliphatic heterocycles. The van der Waals surface area contributed by atoms with Gasteiger partial charge in [-0.3, -0.25) is 9.59 Å². The fraction of sp³-hybridized carbons (Fsp3) is 0.250. The highest BCUT2D eigenvalue weighted by Gasteiger charge is 2.30. The number of sulfonamides is 1. The average molecular weight is 440 g/mol. The van der Waals surface area contributed by atoms with Crippen molar-refractivity contribution in [2.75, 3.05) is 4.31 Å². The summed E-state index contributed by atoms with van der Waals surface area (Å²) in [5.41, 5.74) is 0.196. The van der Waals surface area contributed by atoms with Crippen molar-refractivity contribution in [1.29, 1.82) is 0 Å². The van der Waals surface area contributed by atoms with Crippen LogP contribution >= 0.6 is 0 Å². The molecule has 1 amide bonds. The molecule has 31 heavy (non-hydrogen) atoms. The Morgan fingerprint density at radius 1 is 0.839 bits per heavy atom. The van der Waals surface area contributed by atoms with Crippen LogP contribution in [-0.4, -0.2) is 20.3 Å². The van der Waals surface area contributed by atoms with Crippen molar-refractivity contribution in [3.05, 3.63) is 66.7 Å². The number of hydrogen-bond acceptors (Lipinski definition) is 5. The summed E-state index contributed by atoms with van der Waals surface area (Å²) in [6, 6.07) is 18.1. The molecule has 6 nitrogen and oxygen atoms in total. The number of esters is 1. The van der Waals surface area contributed by atoms with Crippen LogP contribution in [0.5, 0.6) is 5.75 Å². The van der Waals surface area contributed by atoms with E-state index < -0.39 is 15.9 Å². The van der Waals surface area contributed by atoms with Crippen molar-refractivity contribution >= 4 is 38.4 Å². The Balaban J connectivity index is 1.99. The molecule has 3 aromatic carbocycles. The number of benzene rings is 3. The molecule has 0 saturated heterocycles. The van der Waals surface area contributed by atoms with E-state index in [9.17, 15) is 18.0 Å². The predicted octanol–water partition coefficient (Wildman–Crippen LogP) is 5.07. The first kappa shape index (κ1) is 22.5. The van der Waals surface area contributed by atoms with Crippen LogP contribution in [0.2, 0.25) is 0 Å². The van der Waals surface area contributed by atoms with E-state index >= 15 is 0 Å². The Kier molecular flexibility index (Phi) is 7.07. The van der Waals surface area contributed by atoms with Crippen LogP contribution in [0.15, 0.2) is 71.6 Å². The van der Waals surface area contributed by atoms with Gasteiger partial charge in [-0.1, -0.05) is 44.2 Å². The normalized spacial score (nSPS) is 11.3. The SMILES string of the molecule is CCCC(=O)Oc1ccc(N(C(=O)CCC)S(=O)(=O)c2ccc3ccccc3c2)cc1. The summed E-state index contributed by atoms with van der Waals surface area (Å²) in [4.78, 5) is 24.6. The number of nitrogens with zero attached hydrogens (tertiary/aromatic N) is 1. The minimum Gasteiger partial charge on any atom is -0.427 e. The molecule has 7 heteroatoms. The highest BCUT2D eigenvalue weighted by atomic mass is 32.2. The molecule has 0 saturated carbocycles. The second kappa shape index (κ2) is 9.75. The number of ether oxygens (including phenoxy) is 1. The minimum atomic E-state index is -4.14. The van der Waals surface area contributed by atoms with Gasteiger partial charge in [0, 0.05) is 12.8 Å². The van der Waals surface area contributed by atoms with Gasteiger partial charge in [-0.2, -0.15) is 0 Å². The van der Waals surface area contributed by atoms with Crippen molar-refractivity contribution < 1.29 is 22.7 Å². The van der Waals surface area contributed by atoms with E-state index in [-0.39, 0.29) is 23.0 Å². The summed E-state index contributed by atoms with van der Waals surface area (Å²) in [7, 11) is -4.14. The maximum Gasteiger partial charge on any atom is 0.311 e. The first-order chi connectivity index (χ1) is 14.9. The van der Waals surface area contributed by atoms with Gasteiger partial charge in [0.15, 0.2) is 0 Å². The number of fused-ring (bicyclic) bond motifs is 1. The molecule has 0 aliphatic rings. The van der Waals surface area contributed by atoms with Gasteiger partial charge in [-0.25, -0.2) is 12.7 Å². The van der Waals surface area contributed by atoms with Crippen LogP contribution < -0.4 is 9.04 Å². The lowest BCUT2D eigenvalue weighted by Crippen LogP contribution is -2.36. The number of anilines is 1. The molecule has 3 aromatic rings. The van der Waals surface area contributed by atoms with Crippen LogP contribution in [0.4, 0.5) is 5.69 Å². The van der Waals surface area contributed by atoms with E-state index in [2.05, 4.69) is 0 Å². The Bertz CT molecular complexity index is 1190. The summed E-state index contributed by atoms with van der Waals surface area (Å²) in [6.07, 6.45) is 1.55. The van der Waals surface area contributed by atoms with Crippen LogP contribution in [0.1, 0.15) is 39.5 Å². The summed E-state index contributed by atoms with van der Waals surface area (Å²) in [5.74, 6) is -0.586. The van der Waals surface area contributed by atoms with Crippen molar-refractivity contribution in [3.8, 4) is 5.75 Å². The quantitative estimate of drug-likeness (QED) is 0.362. The summed E-state index contributed by atoms with van der Waals surface area (Å²) < 4.78 is 33.0. The van der Waals surface area contributed by atoms with E-state index in [0.29, 0.717) is 25.0 Å². The standard InChI is InChI=1S/C24H25NO5S/c1-3-7-23(26)25(20-12-14-21(15-13-20)30-24(27)8-4-2)31(28,29)22-16-11-18-9-5-6-10-19(18)17-22/h5-6,9-17H,3-4,7-8H2,1-2H3. The molecule has 0 unspecified atom stereocenters. The number of carbonyl (C=O) groups excluding carboxylic acids is 2. The lowest BCUT2D eigenvalue weighted by atomic mass is 10.1. The highest BCUT2D eigenvalue weighted by Crippen LogP contribution is 2.29. The Morgan fingerprint density at radius 2 is 1.48 bits per heavy atom. The Hall–Kier alpha value is -3.19. The van der Waals surface area contributed by atoms with Gasteiger partial charge in [0.1, 0.15) is 5.75 Å². The van der Waals surface area contributed by atoms with Gasteiger partial charge in [0.2, 0.25) is 5.91 Å². The average Bonchev–Trinajstić information content (AvgIpc) is 2.75. The monoisotopic (exact) mass is 439 g/mol. The maximum absolute atomic E-state index is 13.5. The summed E-state index contributed by atoms with van der Waals surface area (Å²) >= 11 is 0. The highest BCUT2D eigenvalue weighted by molar-refractivity contribution is 7.93. The minimum absolute atomic E-state index is 0.0362. The van der Waals surface area contributed by atoms with E-state index in [1.807, 2.05) is 38.1 Å². The van der Waals surface area contributed by atoms with E-state index in [1.165, 1.54) is 30.3 Å². The molecular weight excluding hydrogens is 414 g/mol. The van der Waals surface area contributed by atoms with Crippen LogP contribution in [0.25, 0.3) is 10.8 Å². The molecule has 0 heterocycles. The molecule has 0 radical (unpaired) electrons. The van der Waals surface area contributed by atoms with Gasteiger partial charge in [0.25, 0.3) is 10.0 Å². The zero-order valence-electron chi connectivity index (χ0n) is 17.6. The van der Waals surface area contributed by atoms with Gasteiger partial charge in [-0.15, -0.1) is 0 Å². The number of carbonyl (C=O) groups is 2. The summed E-state index contributed by atoms with van der Waals surface area (Å²) in [5, 5.41) is 1.68. The number of amides is 1. The third kappa shape index (κ3) is 5.11. The zero-order chi connectivity index (χ0) is 22.4. The van der Waals surface area contributed by atoms with E-state index in [0.717, 1.165) is 15.1 Å². The van der Waals surface area contributed by atoms with Gasteiger partial charge in [0.05, 0.1) is 10.6 Å². The van der Waals surface area contributed by atoms with Gasteiger partial charge >= 0.3 is 5.97 Å². The lowest BCUT2D eigenvalue weighted by molar-refractivity contribution is -0.134. The summed E-state index contributed by atoms with van der Waals surface area (Å²) in [6.45, 7) is 3.69. The van der Waals surface area contributed by atoms with Crippen LogP contribution in [0, 0.1) is 0 Å². The smallest absolute Gasteiger partial charge is 0.311 e. The second-order valence-electron chi connectivity index (χ2n) is 7.14. The van der Waals surface area contributed by atoms with Crippen molar-refractivity contribution in [3.63, 3.8) is 0 Å². The molecule has 0 spiro atoms. The lowest BCUT2D eigenvalue weighted by Gasteiger charge is -2.23.